The van der Waals surface area contributed by atoms with Crippen molar-refractivity contribution in [3.05, 3.63) is 103 Å². The van der Waals surface area contributed by atoms with Gasteiger partial charge in [0.1, 0.15) is 11.6 Å². The van der Waals surface area contributed by atoms with E-state index in [9.17, 15) is 24.1 Å². The molecule has 2 N–H and O–H groups in total. The summed E-state index contributed by atoms with van der Waals surface area (Å²) in [6.07, 6.45) is 0. The van der Waals surface area contributed by atoms with E-state index in [1.165, 1.54) is 49.2 Å². The van der Waals surface area contributed by atoms with Crippen LogP contribution in [-0.2, 0) is 15.3 Å². The molecule has 11 heteroatoms. The molecule has 0 fully saturated rings. The van der Waals surface area contributed by atoms with Crippen molar-refractivity contribution in [2.24, 2.45) is 0 Å². The van der Waals surface area contributed by atoms with E-state index in [0.717, 1.165) is 5.56 Å². The van der Waals surface area contributed by atoms with Crippen LogP contribution in [0.15, 0.2) is 69.8 Å². The Bertz CT molecular complexity index is 1370. The molecule has 2 heterocycles. The van der Waals surface area contributed by atoms with Crippen LogP contribution in [0.1, 0.15) is 29.5 Å². The molecule has 0 saturated heterocycles. The number of aromatic amines is 1. The molecule has 174 valence electrons. The van der Waals surface area contributed by atoms with Gasteiger partial charge >= 0.3 is 5.97 Å². The highest BCUT2D eigenvalue weighted by atomic mass is 32.2. The third-order valence-corrected chi connectivity index (χ3v) is 6.28. The molecule has 0 saturated carbocycles. The van der Waals surface area contributed by atoms with Gasteiger partial charge in [0, 0.05) is 23.6 Å². The number of nitro groups is 1. The standard InChI is InChI=1S/C23H19FN4O5S/c1-12-17(22(30)33-2)18(14-4-3-5-15(24)10-14)19-20(25-12)26-23(27-21(19)29)34-11-13-6-8-16(9-7-13)28(31)32/h3-10,18H,11H2,1-2H3,(H2,25,26,27,29). The average Bonchev–Trinajstić information content (AvgIpc) is 2.81. The van der Waals surface area contributed by atoms with Gasteiger partial charge in [-0.1, -0.05) is 36.0 Å². The Morgan fingerprint density at radius 2 is 2.00 bits per heavy atom. The zero-order chi connectivity index (χ0) is 24.4. The second-order valence-electron chi connectivity index (χ2n) is 7.49. The van der Waals surface area contributed by atoms with Crippen LogP contribution < -0.4 is 10.9 Å². The van der Waals surface area contributed by atoms with Crippen molar-refractivity contribution in [3.63, 3.8) is 0 Å². The number of carbonyl (C=O) groups is 1. The van der Waals surface area contributed by atoms with Crippen molar-refractivity contribution in [2.45, 2.75) is 23.8 Å². The smallest absolute Gasteiger partial charge is 0.336 e. The monoisotopic (exact) mass is 482 g/mol. The van der Waals surface area contributed by atoms with Crippen LogP contribution in [-0.4, -0.2) is 28.0 Å². The summed E-state index contributed by atoms with van der Waals surface area (Å²) < 4.78 is 18.9. The summed E-state index contributed by atoms with van der Waals surface area (Å²) in [4.78, 5) is 43.3. The Morgan fingerprint density at radius 1 is 1.26 bits per heavy atom. The predicted molar refractivity (Wildman–Crippen MR) is 124 cm³/mol. The molecular weight excluding hydrogens is 463 g/mol. The molecule has 0 spiro atoms. The highest BCUT2D eigenvalue weighted by Gasteiger charge is 2.36. The first kappa shape index (κ1) is 23.2. The van der Waals surface area contributed by atoms with Crippen LogP contribution >= 0.6 is 11.8 Å². The number of hydrogen-bond acceptors (Lipinski definition) is 8. The van der Waals surface area contributed by atoms with Crippen LogP contribution in [0.2, 0.25) is 0 Å². The van der Waals surface area contributed by atoms with Crippen LogP contribution in [0.5, 0.6) is 0 Å². The van der Waals surface area contributed by atoms with Crippen LogP contribution in [0.25, 0.3) is 0 Å². The number of nitrogens with one attached hydrogen (secondary N) is 2. The summed E-state index contributed by atoms with van der Waals surface area (Å²) in [5.74, 6) is -1.34. The maximum atomic E-state index is 14.0. The second-order valence-corrected chi connectivity index (χ2v) is 8.45. The van der Waals surface area contributed by atoms with E-state index >= 15 is 0 Å². The van der Waals surface area contributed by atoms with Gasteiger partial charge in [0.2, 0.25) is 0 Å². The molecular formula is C23H19FN4O5S. The SMILES string of the molecule is COC(=O)C1=C(C)Nc2nc(SCc3ccc([N+](=O)[O-])cc3)[nH]c(=O)c2C1c1cccc(F)c1. The highest BCUT2D eigenvalue weighted by molar-refractivity contribution is 7.98. The third kappa shape index (κ3) is 4.55. The topological polar surface area (TPSA) is 127 Å². The van der Waals surface area contributed by atoms with Crippen LogP contribution in [0, 0.1) is 15.9 Å². The van der Waals surface area contributed by atoms with Gasteiger partial charge in [-0.2, -0.15) is 0 Å². The number of fused-ring (bicyclic) bond motifs is 1. The predicted octanol–water partition coefficient (Wildman–Crippen LogP) is 4.11. The summed E-state index contributed by atoms with van der Waals surface area (Å²) in [7, 11) is 1.24. The van der Waals surface area contributed by atoms with Crippen molar-refractivity contribution in [1.82, 2.24) is 9.97 Å². The molecule has 0 aliphatic carbocycles. The number of H-pyrrole nitrogens is 1. The number of rotatable bonds is 6. The van der Waals surface area contributed by atoms with Gasteiger partial charge in [-0.25, -0.2) is 14.2 Å². The number of ether oxygens (including phenoxy) is 1. The quantitative estimate of drug-likeness (QED) is 0.177. The van der Waals surface area contributed by atoms with E-state index < -0.39 is 28.2 Å². The molecule has 1 unspecified atom stereocenters. The average molecular weight is 482 g/mol. The van der Waals surface area contributed by atoms with Crippen molar-refractivity contribution in [3.8, 4) is 0 Å². The lowest BCUT2D eigenvalue weighted by Crippen LogP contribution is -2.31. The van der Waals surface area contributed by atoms with Crippen LogP contribution in [0.3, 0.4) is 0 Å². The van der Waals surface area contributed by atoms with E-state index in [1.54, 1.807) is 25.1 Å². The first-order valence-electron chi connectivity index (χ1n) is 10.1. The molecule has 1 aliphatic rings. The lowest BCUT2D eigenvalue weighted by Gasteiger charge is -2.28. The van der Waals surface area contributed by atoms with E-state index in [-0.39, 0.29) is 22.6 Å². The number of thioether (sulfide) groups is 1. The lowest BCUT2D eigenvalue weighted by molar-refractivity contribution is -0.384. The summed E-state index contributed by atoms with van der Waals surface area (Å²) >= 11 is 1.24. The van der Waals surface area contributed by atoms with E-state index in [0.29, 0.717) is 22.2 Å². The summed E-state index contributed by atoms with van der Waals surface area (Å²) in [5, 5.41) is 14.1. The first-order valence-corrected chi connectivity index (χ1v) is 11.1. The number of anilines is 1. The number of allylic oxidation sites excluding steroid dienone is 1. The number of benzene rings is 2. The number of methoxy groups -OCH3 is 1. The fourth-order valence-corrected chi connectivity index (χ4v) is 4.58. The minimum Gasteiger partial charge on any atom is -0.466 e. The van der Waals surface area contributed by atoms with E-state index in [1.807, 2.05) is 0 Å². The van der Waals surface area contributed by atoms with Gasteiger partial charge in [-0.05, 0) is 30.2 Å². The number of carbonyl (C=O) groups excluding carboxylic acids is 1. The number of halogens is 1. The van der Waals surface area contributed by atoms with Gasteiger partial charge in [0.15, 0.2) is 5.16 Å². The molecule has 0 amide bonds. The van der Waals surface area contributed by atoms with Gasteiger partial charge in [-0.3, -0.25) is 14.9 Å². The molecule has 34 heavy (non-hydrogen) atoms. The Labute approximate surface area is 197 Å². The van der Waals surface area contributed by atoms with Crippen molar-refractivity contribution < 1.29 is 18.8 Å². The van der Waals surface area contributed by atoms with E-state index in [4.69, 9.17) is 4.74 Å². The number of aromatic nitrogens is 2. The maximum Gasteiger partial charge on any atom is 0.336 e. The zero-order valence-electron chi connectivity index (χ0n) is 18.1. The molecule has 4 rings (SSSR count). The van der Waals surface area contributed by atoms with Crippen molar-refractivity contribution in [1.29, 1.82) is 0 Å². The maximum absolute atomic E-state index is 14.0. The fourth-order valence-electron chi connectivity index (χ4n) is 3.76. The molecule has 1 aliphatic heterocycles. The molecule has 1 atom stereocenters. The minimum absolute atomic E-state index is 0.00896. The molecule has 9 nitrogen and oxygen atoms in total. The molecule has 1 aromatic heterocycles. The molecule has 0 bridgehead atoms. The first-order chi connectivity index (χ1) is 16.3. The van der Waals surface area contributed by atoms with Gasteiger partial charge in [0.05, 0.1) is 29.1 Å². The number of nitro benzene ring substituents is 1. The Hall–Kier alpha value is -3.99. The fraction of sp³-hybridized carbons (Fsp3) is 0.174. The molecule has 3 aromatic rings. The number of esters is 1. The zero-order valence-corrected chi connectivity index (χ0v) is 18.9. The lowest BCUT2D eigenvalue weighted by atomic mass is 9.82. The van der Waals surface area contributed by atoms with Gasteiger partial charge in [0.25, 0.3) is 11.2 Å². The largest absolute Gasteiger partial charge is 0.466 e. The van der Waals surface area contributed by atoms with Gasteiger partial charge in [-0.15, -0.1) is 0 Å². The van der Waals surface area contributed by atoms with E-state index in [2.05, 4.69) is 15.3 Å². The Balaban J connectivity index is 1.70. The Morgan fingerprint density at radius 3 is 2.65 bits per heavy atom. The van der Waals surface area contributed by atoms with Crippen molar-refractivity contribution >= 4 is 29.2 Å². The van der Waals surface area contributed by atoms with Crippen LogP contribution in [0.4, 0.5) is 15.9 Å². The van der Waals surface area contributed by atoms with Crippen molar-refractivity contribution in [2.75, 3.05) is 12.4 Å². The molecule has 0 radical (unpaired) electrons. The highest BCUT2D eigenvalue weighted by Crippen LogP contribution is 2.40. The summed E-state index contributed by atoms with van der Waals surface area (Å²) in [6.45, 7) is 1.66. The number of non-ortho nitro benzene ring substituents is 1. The summed E-state index contributed by atoms with van der Waals surface area (Å²) in [5.41, 5.74) is 1.55. The third-order valence-electron chi connectivity index (χ3n) is 5.33. The number of hydrogen-bond donors (Lipinski definition) is 2. The minimum atomic E-state index is -0.871. The number of nitrogens with zero attached hydrogens (tertiary/aromatic N) is 2. The summed E-state index contributed by atoms with van der Waals surface area (Å²) in [6, 6.07) is 11.8. The van der Waals surface area contributed by atoms with Gasteiger partial charge < -0.3 is 15.0 Å². The molecule has 2 aromatic carbocycles. The second kappa shape index (κ2) is 9.48. The normalized spacial score (nSPS) is 14.9. The Kier molecular flexibility index (Phi) is 6.46.